The number of rotatable bonds is 5. The van der Waals surface area contributed by atoms with Gasteiger partial charge in [0, 0.05) is 12.6 Å². The molecule has 1 atom stereocenters. The van der Waals surface area contributed by atoms with Crippen molar-refractivity contribution in [1.82, 2.24) is 15.5 Å². The predicted molar refractivity (Wildman–Crippen MR) is 68.3 cm³/mol. The van der Waals surface area contributed by atoms with Gasteiger partial charge in [0.05, 0.1) is 13.2 Å². The van der Waals surface area contributed by atoms with Gasteiger partial charge < -0.3 is 15.0 Å². The molecule has 0 aliphatic carbocycles. The van der Waals surface area contributed by atoms with Gasteiger partial charge in [-0.3, -0.25) is 19.7 Å². The first-order valence-corrected chi connectivity index (χ1v) is 6.41. The van der Waals surface area contributed by atoms with E-state index in [4.69, 9.17) is 4.74 Å². The summed E-state index contributed by atoms with van der Waals surface area (Å²) in [5.74, 6) is -0.766. The summed E-state index contributed by atoms with van der Waals surface area (Å²) in [6.45, 7) is 5.95. The molecule has 1 saturated heterocycles. The molecule has 108 valence electrons. The van der Waals surface area contributed by atoms with Gasteiger partial charge in [-0.2, -0.15) is 0 Å². The van der Waals surface area contributed by atoms with Crippen LogP contribution in [0.1, 0.15) is 20.8 Å². The molecular formula is C12H21N3O4. The maximum atomic E-state index is 12.3. The average molecular weight is 271 g/mol. The molecule has 1 fully saturated rings. The van der Waals surface area contributed by atoms with Crippen LogP contribution in [0.15, 0.2) is 0 Å². The molecule has 19 heavy (non-hydrogen) atoms. The molecule has 0 radical (unpaired) electrons. The number of hydrogen-bond donors (Lipinski definition) is 2. The molecule has 1 rings (SSSR count). The fraction of sp³-hybridized carbons (Fsp3) is 0.750. The Morgan fingerprint density at radius 3 is 2.63 bits per heavy atom. The number of carbonyl (C=O) groups is 3. The second-order valence-corrected chi connectivity index (χ2v) is 4.60. The molecule has 2 N–H and O–H groups in total. The molecule has 1 unspecified atom stereocenters. The largest absolute Gasteiger partial charge is 0.465 e. The fourth-order valence-corrected chi connectivity index (χ4v) is 1.80. The molecule has 2 amide bonds. The van der Waals surface area contributed by atoms with E-state index in [0.29, 0.717) is 0 Å². The fourth-order valence-electron chi connectivity index (χ4n) is 1.80. The van der Waals surface area contributed by atoms with Crippen LogP contribution in [0.3, 0.4) is 0 Å². The van der Waals surface area contributed by atoms with Crippen molar-refractivity contribution in [3.8, 4) is 0 Å². The van der Waals surface area contributed by atoms with E-state index in [2.05, 4.69) is 10.6 Å². The van der Waals surface area contributed by atoms with Gasteiger partial charge >= 0.3 is 5.97 Å². The average Bonchev–Trinajstić information content (AvgIpc) is 2.36. The number of nitrogens with one attached hydrogen (secondary N) is 2. The predicted octanol–water partition coefficient (Wildman–Crippen LogP) is -1.13. The Balaban J connectivity index is 2.62. The van der Waals surface area contributed by atoms with Crippen LogP contribution in [0.5, 0.6) is 0 Å². The Kier molecular flexibility index (Phi) is 5.75. The highest BCUT2D eigenvalue weighted by Crippen LogP contribution is 2.04. The number of hydrogen-bond acceptors (Lipinski definition) is 5. The number of amides is 2. The second-order valence-electron chi connectivity index (χ2n) is 4.60. The third-order valence-corrected chi connectivity index (χ3v) is 2.82. The van der Waals surface area contributed by atoms with Crippen molar-refractivity contribution in [3.63, 3.8) is 0 Å². The SMILES string of the molecule is CCOC(=O)CN(C(=O)C1CNC(=O)CN1)C(C)C. The Bertz CT molecular complexity index is 347. The van der Waals surface area contributed by atoms with Crippen LogP contribution in [0.4, 0.5) is 0 Å². The van der Waals surface area contributed by atoms with Crippen molar-refractivity contribution in [2.24, 2.45) is 0 Å². The molecule has 7 heteroatoms. The van der Waals surface area contributed by atoms with Crippen LogP contribution in [0, 0.1) is 0 Å². The Hall–Kier alpha value is -1.63. The highest BCUT2D eigenvalue weighted by molar-refractivity contribution is 5.89. The first-order chi connectivity index (χ1) is 8.95. The van der Waals surface area contributed by atoms with Gasteiger partial charge in [0.1, 0.15) is 12.6 Å². The van der Waals surface area contributed by atoms with E-state index in [1.54, 1.807) is 6.92 Å². The summed E-state index contributed by atoms with van der Waals surface area (Å²) >= 11 is 0. The van der Waals surface area contributed by atoms with E-state index in [1.807, 2.05) is 13.8 Å². The van der Waals surface area contributed by atoms with E-state index >= 15 is 0 Å². The summed E-state index contributed by atoms with van der Waals surface area (Å²) in [7, 11) is 0. The molecule has 0 saturated carbocycles. The van der Waals surface area contributed by atoms with Crippen LogP contribution in [0.2, 0.25) is 0 Å². The molecule has 0 aromatic heterocycles. The maximum Gasteiger partial charge on any atom is 0.325 e. The van der Waals surface area contributed by atoms with Gasteiger partial charge in [-0.25, -0.2) is 0 Å². The molecular weight excluding hydrogens is 250 g/mol. The Morgan fingerprint density at radius 1 is 1.47 bits per heavy atom. The minimum absolute atomic E-state index is 0.0729. The third-order valence-electron chi connectivity index (χ3n) is 2.82. The number of ether oxygens (including phenoxy) is 1. The van der Waals surface area contributed by atoms with Crippen LogP contribution in [-0.4, -0.2) is 61.0 Å². The molecule has 0 spiro atoms. The minimum Gasteiger partial charge on any atom is -0.465 e. The first kappa shape index (κ1) is 15.4. The summed E-state index contributed by atoms with van der Waals surface area (Å²) in [4.78, 5) is 36.3. The molecule has 0 aromatic rings. The highest BCUT2D eigenvalue weighted by atomic mass is 16.5. The van der Waals surface area contributed by atoms with Crippen LogP contribution in [-0.2, 0) is 19.1 Å². The Morgan fingerprint density at radius 2 is 2.16 bits per heavy atom. The van der Waals surface area contributed by atoms with E-state index in [9.17, 15) is 14.4 Å². The van der Waals surface area contributed by atoms with E-state index in [1.165, 1.54) is 4.90 Å². The second kappa shape index (κ2) is 7.08. The summed E-state index contributed by atoms with van der Waals surface area (Å²) in [6.07, 6.45) is 0. The van der Waals surface area contributed by atoms with E-state index < -0.39 is 12.0 Å². The summed E-state index contributed by atoms with van der Waals surface area (Å²) in [5.41, 5.74) is 0. The lowest BCUT2D eigenvalue weighted by molar-refractivity contribution is -0.151. The number of piperazine rings is 1. The maximum absolute atomic E-state index is 12.3. The van der Waals surface area contributed by atoms with Gasteiger partial charge in [-0.15, -0.1) is 0 Å². The van der Waals surface area contributed by atoms with Gasteiger partial charge in [-0.05, 0) is 20.8 Å². The first-order valence-electron chi connectivity index (χ1n) is 6.41. The van der Waals surface area contributed by atoms with Crippen molar-refractivity contribution in [2.75, 3.05) is 26.2 Å². The van der Waals surface area contributed by atoms with Gasteiger partial charge in [0.25, 0.3) is 0 Å². The quantitative estimate of drug-likeness (QED) is 0.618. The topological polar surface area (TPSA) is 87.7 Å². The van der Waals surface area contributed by atoms with Crippen molar-refractivity contribution in [1.29, 1.82) is 0 Å². The monoisotopic (exact) mass is 271 g/mol. The van der Waals surface area contributed by atoms with Gasteiger partial charge in [-0.1, -0.05) is 0 Å². The zero-order chi connectivity index (χ0) is 14.4. The minimum atomic E-state index is -0.491. The van der Waals surface area contributed by atoms with Crippen LogP contribution < -0.4 is 10.6 Å². The lowest BCUT2D eigenvalue weighted by Crippen LogP contribution is -2.60. The third kappa shape index (κ3) is 4.51. The summed E-state index contributed by atoms with van der Waals surface area (Å²) < 4.78 is 4.85. The van der Waals surface area contributed by atoms with Crippen LogP contribution in [0.25, 0.3) is 0 Å². The normalized spacial score (nSPS) is 18.9. The smallest absolute Gasteiger partial charge is 0.325 e. The molecule has 0 aromatic carbocycles. The number of nitrogens with zero attached hydrogens (tertiary/aromatic N) is 1. The molecule has 1 aliphatic rings. The summed E-state index contributed by atoms with van der Waals surface area (Å²) in [5, 5.41) is 5.47. The molecule has 1 heterocycles. The molecule has 0 bridgehead atoms. The zero-order valence-corrected chi connectivity index (χ0v) is 11.6. The van der Waals surface area contributed by atoms with Crippen molar-refractivity contribution in [3.05, 3.63) is 0 Å². The lowest BCUT2D eigenvalue weighted by atomic mass is 10.1. The molecule has 1 aliphatic heterocycles. The van der Waals surface area contributed by atoms with E-state index in [0.717, 1.165) is 0 Å². The van der Waals surface area contributed by atoms with Crippen LogP contribution >= 0.6 is 0 Å². The zero-order valence-electron chi connectivity index (χ0n) is 11.6. The highest BCUT2D eigenvalue weighted by Gasteiger charge is 2.30. The van der Waals surface area contributed by atoms with Gasteiger partial charge in [0.15, 0.2) is 0 Å². The van der Waals surface area contributed by atoms with Crippen molar-refractivity contribution < 1.29 is 19.1 Å². The standard InChI is InChI=1S/C12H21N3O4/c1-4-19-11(17)7-15(8(2)3)12(18)9-5-14-10(16)6-13-9/h8-9,13H,4-7H2,1-3H3,(H,14,16). The van der Waals surface area contributed by atoms with Gasteiger partial charge in [0.2, 0.25) is 11.8 Å². The van der Waals surface area contributed by atoms with Crippen molar-refractivity contribution in [2.45, 2.75) is 32.9 Å². The number of esters is 1. The van der Waals surface area contributed by atoms with Crippen molar-refractivity contribution >= 4 is 17.8 Å². The summed E-state index contributed by atoms with van der Waals surface area (Å²) in [6, 6.07) is -0.606. The Labute approximate surface area is 112 Å². The molecule has 7 nitrogen and oxygen atoms in total. The number of carbonyl (C=O) groups excluding carboxylic acids is 3. The van der Waals surface area contributed by atoms with E-state index in [-0.39, 0.29) is 44.1 Å². The lowest BCUT2D eigenvalue weighted by Gasteiger charge is -2.32.